The summed E-state index contributed by atoms with van der Waals surface area (Å²) in [6, 6.07) is 7.12. The van der Waals surface area contributed by atoms with Gasteiger partial charge in [-0.15, -0.1) is 0 Å². The van der Waals surface area contributed by atoms with E-state index in [9.17, 15) is 4.79 Å². The Balaban J connectivity index is 2.01. The Morgan fingerprint density at radius 3 is 2.57 bits per heavy atom. The van der Waals surface area contributed by atoms with Crippen LogP contribution >= 0.6 is 11.8 Å². The van der Waals surface area contributed by atoms with Crippen molar-refractivity contribution < 1.29 is 9.53 Å². The number of hydrogen-bond acceptors (Lipinski definition) is 4. The molecule has 14 heavy (non-hydrogen) atoms. The molecule has 1 saturated heterocycles. The van der Waals surface area contributed by atoms with Gasteiger partial charge in [0, 0.05) is 11.5 Å². The molecule has 0 amide bonds. The second-order valence-corrected chi connectivity index (χ2v) is 4.05. The van der Waals surface area contributed by atoms with Crippen molar-refractivity contribution in [3.63, 3.8) is 0 Å². The molecule has 0 atom stereocenters. The van der Waals surface area contributed by atoms with E-state index in [1.807, 2.05) is 23.9 Å². The molecular weight excluding hydrogens is 198 g/mol. The molecule has 1 aliphatic heterocycles. The summed E-state index contributed by atoms with van der Waals surface area (Å²) in [6.45, 7) is 0. The van der Waals surface area contributed by atoms with Gasteiger partial charge >= 0.3 is 0 Å². The number of benzene rings is 1. The van der Waals surface area contributed by atoms with Crippen molar-refractivity contribution in [2.45, 2.75) is 6.10 Å². The minimum Gasteiger partial charge on any atom is -0.489 e. The molecule has 0 saturated carbocycles. The van der Waals surface area contributed by atoms with E-state index in [2.05, 4.69) is 4.99 Å². The summed E-state index contributed by atoms with van der Waals surface area (Å²) in [5.41, 5.74) is 0.607. The van der Waals surface area contributed by atoms with Gasteiger partial charge < -0.3 is 4.74 Å². The van der Waals surface area contributed by atoms with E-state index in [0.717, 1.165) is 17.3 Å². The van der Waals surface area contributed by atoms with Gasteiger partial charge in [-0.05, 0) is 24.3 Å². The van der Waals surface area contributed by atoms with Crippen molar-refractivity contribution in [2.75, 3.05) is 11.5 Å². The Morgan fingerprint density at radius 1 is 1.36 bits per heavy atom. The number of carbonyl (C=O) groups excluding carboxylic acids is 1. The summed E-state index contributed by atoms with van der Waals surface area (Å²) >= 11 is 1.88. The maximum atomic E-state index is 9.97. The van der Waals surface area contributed by atoms with Gasteiger partial charge in [-0.2, -0.15) is 16.8 Å². The van der Waals surface area contributed by atoms with Gasteiger partial charge in [0.2, 0.25) is 6.08 Å². The SMILES string of the molecule is O=C=Nc1ccc(OC2CSC2)cc1. The lowest BCUT2D eigenvalue weighted by Gasteiger charge is -2.25. The Bertz CT molecular complexity index is 353. The number of hydrogen-bond donors (Lipinski definition) is 0. The largest absolute Gasteiger partial charge is 0.489 e. The van der Waals surface area contributed by atoms with Crippen LogP contribution in [0.4, 0.5) is 5.69 Å². The fourth-order valence-corrected chi connectivity index (χ4v) is 1.69. The van der Waals surface area contributed by atoms with Crippen LogP contribution < -0.4 is 4.74 Å². The number of aliphatic imine (C=N–C) groups is 1. The zero-order valence-electron chi connectivity index (χ0n) is 7.47. The Hall–Kier alpha value is -1.25. The highest BCUT2D eigenvalue weighted by molar-refractivity contribution is 8.00. The fraction of sp³-hybridized carbons (Fsp3) is 0.300. The predicted octanol–water partition coefficient (Wildman–Crippen LogP) is 2.15. The van der Waals surface area contributed by atoms with E-state index in [-0.39, 0.29) is 0 Å². The van der Waals surface area contributed by atoms with Crippen molar-refractivity contribution in [3.8, 4) is 5.75 Å². The van der Waals surface area contributed by atoms with Crippen LogP contribution in [0.15, 0.2) is 29.3 Å². The van der Waals surface area contributed by atoms with Gasteiger partial charge in [0.15, 0.2) is 0 Å². The summed E-state index contributed by atoms with van der Waals surface area (Å²) in [6.07, 6.45) is 1.85. The third kappa shape index (κ3) is 2.16. The van der Waals surface area contributed by atoms with E-state index < -0.39 is 0 Å². The molecule has 2 rings (SSSR count). The molecule has 3 nitrogen and oxygen atoms in total. The first-order chi connectivity index (χ1) is 6.88. The smallest absolute Gasteiger partial charge is 0.240 e. The quantitative estimate of drug-likeness (QED) is 0.563. The molecule has 1 heterocycles. The van der Waals surface area contributed by atoms with Crippen molar-refractivity contribution in [2.24, 2.45) is 4.99 Å². The first-order valence-corrected chi connectivity index (χ1v) is 5.46. The molecule has 0 bridgehead atoms. The van der Waals surface area contributed by atoms with Crippen LogP contribution in [0.25, 0.3) is 0 Å². The minimum atomic E-state index is 0.348. The maximum absolute atomic E-state index is 9.97. The summed E-state index contributed by atoms with van der Waals surface area (Å²) in [5, 5.41) is 0. The second kappa shape index (κ2) is 4.31. The highest BCUT2D eigenvalue weighted by atomic mass is 32.2. The minimum absolute atomic E-state index is 0.348. The van der Waals surface area contributed by atoms with Gasteiger partial charge in [0.05, 0.1) is 5.69 Å². The molecule has 0 radical (unpaired) electrons. The topological polar surface area (TPSA) is 38.7 Å². The molecule has 1 fully saturated rings. The number of isocyanates is 1. The van der Waals surface area contributed by atoms with E-state index in [4.69, 9.17) is 4.74 Å². The highest BCUT2D eigenvalue weighted by Crippen LogP contribution is 2.25. The van der Waals surface area contributed by atoms with Gasteiger partial charge in [-0.3, -0.25) is 0 Å². The normalized spacial score (nSPS) is 15.4. The maximum Gasteiger partial charge on any atom is 0.240 e. The number of nitrogens with zero attached hydrogens (tertiary/aromatic N) is 1. The number of rotatable bonds is 3. The first-order valence-electron chi connectivity index (χ1n) is 4.31. The van der Waals surface area contributed by atoms with Gasteiger partial charge in [0.1, 0.15) is 11.9 Å². The molecule has 0 unspecified atom stereocenters. The van der Waals surface area contributed by atoms with Gasteiger partial charge in [-0.25, -0.2) is 4.79 Å². The van der Waals surface area contributed by atoms with Crippen LogP contribution in [0.3, 0.4) is 0 Å². The molecule has 4 heteroatoms. The van der Waals surface area contributed by atoms with Crippen LogP contribution in [0, 0.1) is 0 Å². The van der Waals surface area contributed by atoms with E-state index >= 15 is 0 Å². The number of ether oxygens (including phenoxy) is 1. The molecule has 0 aliphatic carbocycles. The molecule has 1 aromatic rings. The lowest BCUT2D eigenvalue weighted by molar-refractivity contribution is 0.240. The fourth-order valence-electron chi connectivity index (χ4n) is 1.13. The molecule has 0 aromatic heterocycles. The van der Waals surface area contributed by atoms with Crippen molar-refractivity contribution in [1.29, 1.82) is 0 Å². The van der Waals surface area contributed by atoms with Crippen LogP contribution in [-0.2, 0) is 4.79 Å². The Labute approximate surface area is 86.2 Å². The summed E-state index contributed by atoms with van der Waals surface area (Å²) in [4.78, 5) is 13.5. The molecule has 72 valence electrons. The van der Waals surface area contributed by atoms with Crippen molar-refractivity contribution in [1.82, 2.24) is 0 Å². The average Bonchev–Trinajstić information content (AvgIpc) is 2.14. The Morgan fingerprint density at radius 2 is 2.07 bits per heavy atom. The van der Waals surface area contributed by atoms with E-state index in [0.29, 0.717) is 11.8 Å². The van der Waals surface area contributed by atoms with Crippen LogP contribution in [-0.4, -0.2) is 23.7 Å². The van der Waals surface area contributed by atoms with Crippen LogP contribution in [0.5, 0.6) is 5.75 Å². The van der Waals surface area contributed by atoms with E-state index in [1.165, 1.54) is 6.08 Å². The Kier molecular flexibility index (Phi) is 2.87. The van der Waals surface area contributed by atoms with Crippen LogP contribution in [0.2, 0.25) is 0 Å². The van der Waals surface area contributed by atoms with Crippen LogP contribution in [0.1, 0.15) is 0 Å². The zero-order valence-corrected chi connectivity index (χ0v) is 8.29. The third-order valence-corrected chi connectivity index (χ3v) is 3.14. The second-order valence-electron chi connectivity index (χ2n) is 2.97. The third-order valence-electron chi connectivity index (χ3n) is 1.92. The lowest BCUT2D eigenvalue weighted by atomic mass is 10.3. The lowest BCUT2D eigenvalue weighted by Crippen LogP contribution is -2.30. The molecular formula is C10H9NO2S. The molecule has 1 aromatic carbocycles. The first kappa shape index (κ1) is 9.31. The molecule has 1 aliphatic rings. The standard InChI is InChI=1S/C10H9NO2S/c12-7-11-8-1-3-9(4-2-8)13-10-5-14-6-10/h1-4,10H,5-6H2. The summed E-state index contributed by atoms with van der Waals surface area (Å²) < 4.78 is 5.62. The van der Waals surface area contributed by atoms with Crippen molar-refractivity contribution >= 4 is 23.5 Å². The number of thioether (sulfide) groups is 1. The average molecular weight is 207 g/mol. The van der Waals surface area contributed by atoms with Gasteiger partial charge in [-0.1, -0.05) is 0 Å². The predicted molar refractivity (Wildman–Crippen MR) is 56.0 cm³/mol. The monoisotopic (exact) mass is 207 g/mol. The molecule has 0 spiro atoms. The highest BCUT2D eigenvalue weighted by Gasteiger charge is 2.19. The van der Waals surface area contributed by atoms with Gasteiger partial charge in [0.25, 0.3) is 0 Å². The molecule has 0 N–H and O–H groups in total. The van der Waals surface area contributed by atoms with E-state index in [1.54, 1.807) is 12.1 Å². The summed E-state index contributed by atoms with van der Waals surface area (Å²) in [7, 11) is 0. The summed E-state index contributed by atoms with van der Waals surface area (Å²) in [5.74, 6) is 2.96. The van der Waals surface area contributed by atoms with Crippen molar-refractivity contribution in [3.05, 3.63) is 24.3 Å². The zero-order chi connectivity index (χ0) is 9.80.